The molecule has 20 nitrogen and oxygen atoms in total. The van der Waals surface area contributed by atoms with E-state index in [1.165, 1.54) is 24.3 Å². The Hall–Kier alpha value is -4.42. The van der Waals surface area contributed by atoms with Crippen molar-refractivity contribution in [3.8, 4) is 28.6 Å². The highest BCUT2D eigenvalue weighted by molar-refractivity contribution is 7.81. The number of ether oxygens (including phenoxy) is 4. The summed E-state index contributed by atoms with van der Waals surface area (Å²) in [5, 5.41) is 80.0. The molecule has 5 rings (SSSR count). The van der Waals surface area contributed by atoms with Crippen molar-refractivity contribution in [1.29, 1.82) is 0 Å². The standard InChI is InChI=1S/C27H26O20S/c28-13-9-3-1-2-4-10(9)42-20(21(13)44-27-19(34)15(30)17(32)23(46-27)25(37)38)8-5-6-11(47-48(39,40)41)12(7-8)43-26-18(33)14(29)16(31)22(45-26)24(35)36/h1-7,14-19,22-23,26-27,29-34H,(H,35,36)(H,37,38)(H,39,40,41)/t14-,15-,16-,17-,18+,19+,22-,23-,26+,27+/m1/s1. The Kier molecular flexibility index (Phi) is 9.62. The lowest BCUT2D eigenvalue weighted by atomic mass is 9.99. The number of fused-ring (bicyclic) bond motifs is 1. The van der Waals surface area contributed by atoms with Gasteiger partial charge in [0.05, 0.1) is 5.39 Å². The molecule has 0 unspecified atom stereocenters. The summed E-state index contributed by atoms with van der Waals surface area (Å²) >= 11 is 0. The number of hydrogen-bond acceptors (Lipinski definition) is 17. The molecule has 260 valence electrons. The second-order valence-corrected chi connectivity index (χ2v) is 11.5. The predicted octanol–water partition coefficient (Wildman–Crippen LogP) is -2.82. The van der Waals surface area contributed by atoms with Gasteiger partial charge < -0.3 is 68.4 Å². The van der Waals surface area contributed by atoms with Crippen LogP contribution in [-0.2, 0) is 29.5 Å². The van der Waals surface area contributed by atoms with Crippen molar-refractivity contribution in [3.05, 3.63) is 52.7 Å². The summed E-state index contributed by atoms with van der Waals surface area (Å²) in [5.74, 6) is -6.42. The van der Waals surface area contributed by atoms with E-state index >= 15 is 0 Å². The Morgan fingerprint density at radius 1 is 0.708 bits per heavy atom. The molecule has 2 aliphatic heterocycles. The maximum atomic E-state index is 13.7. The van der Waals surface area contributed by atoms with Crippen LogP contribution in [0, 0.1) is 0 Å². The van der Waals surface area contributed by atoms with Gasteiger partial charge in [-0.2, -0.15) is 8.42 Å². The van der Waals surface area contributed by atoms with Crippen LogP contribution in [0.2, 0.25) is 0 Å². The largest absolute Gasteiger partial charge is 0.479 e. The maximum absolute atomic E-state index is 13.7. The van der Waals surface area contributed by atoms with Gasteiger partial charge in [-0.1, -0.05) is 12.1 Å². The van der Waals surface area contributed by atoms with Gasteiger partial charge in [0.15, 0.2) is 29.5 Å². The molecule has 0 spiro atoms. The van der Waals surface area contributed by atoms with E-state index < -0.39 is 112 Å². The Bertz CT molecular complexity index is 1870. The van der Waals surface area contributed by atoms with E-state index in [4.69, 9.17) is 23.4 Å². The second kappa shape index (κ2) is 13.2. The minimum absolute atomic E-state index is 0.0676. The van der Waals surface area contributed by atoms with Crippen LogP contribution in [-0.4, -0.2) is 127 Å². The molecule has 0 bridgehead atoms. The van der Waals surface area contributed by atoms with E-state index in [-0.39, 0.29) is 16.5 Å². The monoisotopic (exact) mass is 702 g/mol. The number of carboxylic acids is 2. The average molecular weight is 703 g/mol. The smallest absolute Gasteiger partial charge is 0.446 e. The van der Waals surface area contributed by atoms with Crippen LogP contribution < -0.4 is 19.1 Å². The van der Waals surface area contributed by atoms with Crippen LogP contribution >= 0.6 is 0 Å². The molecule has 9 N–H and O–H groups in total. The third-order valence-corrected chi connectivity index (χ3v) is 7.65. The van der Waals surface area contributed by atoms with Gasteiger partial charge in [-0.05, 0) is 30.3 Å². The molecule has 2 aliphatic rings. The zero-order chi connectivity index (χ0) is 35.2. The summed E-state index contributed by atoms with van der Waals surface area (Å²) in [6, 6.07) is 8.33. The van der Waals surface area contributed by atoms with Crippen molar-refractivity contribution in [2.75, 3.05) is 0 Å². The first kappa shape index (κ1) is 34.9. The lowest BCUT2D eigenvalue weighted by Gasteiger charge is -2.38. The fourth-order valence-corrected chi connectivity index (χ4v) is 5.25. The van der Waals surface area contributed by atoms with Crippen LogP contribution in [0.15, 0.2) is 51.7 Å². The van der Waals surface area contributed by atoms with Gasteiger partial charge in [0.25, 0.3) is 0 Å². The average Bonchev–Trinajstić information content (AvgIpc) is 3.02. The Balaban J connectivity index is 1.63. The highest BCUT2D eigenvalue weighted by Gasteiger charge is 2.50. The lowest BCUT2D eigenvalue weighted by molar-refractivity contribution is -0.271. The molecule has 2 aromatic carbocycles. The first-order valence-corrected chi connectivity index (χ1v) is 14.9. The molecule has 0 aliphatic carbocycles. The zero-order valence-electron chi connectivity index (χ0n) is 23.7. The second-order valence-electron chi connectivity index (χ2n) is 10.5. The molecule has 48 heavy (non-hydrogen) atoms. The third-order valence-electron chi connectivity index (χ3n) is 7.26. The fourth-order valence-electron chi connectivity index (χ4n) is 4.89. The summed E-state index contributed by atoms with van der Waals surface area (Å²) in [6.45, 7) is 0. The first-order chi connectivity index (χ1) is 22.5. The summed E-state index contributed by atoms with van der Waals surface area (Å²) in [7, 11) is -5.27. The molecule has 2 fully saturated rings. The highest BCUT2D eigenvalue weighted by atomic mass is 32.3. The molecule has 3 heterocycles. The number of hydrogen-bond donors (Lipinski definition) is 9. The highest BCUT2D eigenvalue weighted by Crippen LogP contribution is 2.40. The van der Waals surface area contributed by atoms with E-state index in [1.807, 2.05) is 0 Å². The van der Waals surface area contributed by atoms with Crippen LogP contribution in [0.4, 0.5) is 0 Å². The Labute approximate surface area is 267 Å². The molecular formula is C27H26O20S. The van der Waals surface area contributed by atoms with Gasteiger partial charge >= 0.3 is 22.3 Å². The first-order valence-electron chi connectivity index (χ1n) is 13.5. The van der Waals surface area contributed by atoms with E-state index in [1.54, 1.807) is 0 Å². The number of benzene rings is 2. The van der Waals surface area contributed by atoms with E-state index in [2.05, 4.69) is 4.18 Å². The molecule has 0 radical (unpaired) electrons. The molecule has 21 heteroatoms. The topological polar surface area (TPSA) is 327 Å². The molecule has 3 aromatic rings. The van der Waals surface area contributed by atoms with Crippen molar-refractivity contribution >= 4 is 33.3 Å². The number of carboxylic acid groups (broad SMARTS) is 2. The van der Waals surface area contributed by atoms with E-state index in [9.17, 15) is 68.2 Å². The van der Waals surface area contributed by atoms with E-state index in [0.717, 1.165) is 18.2 Å². The number of aliphatic hydroxyl groups is 6. The predicted molar refractivity (Wildman–Crippen MR) is 150 cm³/mol. The molecule has 0 amide bonds. The van der Waals surface area contributed by atoms with Crippen LogP contribution in [0.5, 0.6) is 17.2 Å². The third kappa shape index (κ3) is 6.77. The van der Waals surface area contributed by atoms with Crippen molar-refractivity contribution in [3.63, 3.8) is 0 Å². The molecule has 10 atom stereocenters. The molecule has 2 saturated heterocycles. The number of para-hydroxylation sites is 1. The Morgan fingerprint density at radius 2 is 1.25 bits per heavy atom. The SMILES string of the molecule is O=C(O)[C@@H]1O[C@H](Oc2cc(-c3oc4ccccc4c(=O)c3O[C@H]3O[C@@H](C(=O)O)[C@H](O)[C@@H](O)[C@@H]3O)ccc2OS(=O)(=O)O)[C@@H](O)[C@H](O)[C@H]1O. The zero-order valence-corrected chi connectivity index (χ0v) is 24.6. The number of aliphatic carboxylic acids is 2. The number of rotatable bonds is 9. The molecular weight excluding hydrogens is 676 g/mol. The summed E-state index contributed by atoms with van der Waals surface area (Å²) < 4.78 is 64.0. The van der Waals surface area contributed by atoms with Crippen molar-refractivity contribution < 1.29 is 91.0 Å². The summed E-state index contributed by atoms with van der Waals surface area (Å²) in [4.78, 5) is 36.8. The minimum atomic E-state index is -5.27. The summed E-state index contributed by atoms with van der Waals surface area (Å²) in [5.41, 5.74) is -1.27. The minimum Gasteiger partial charge on any atom is -0.479 e. The van der Waals surface area contributed by atoms with Crippen molar-refractivity contribution in [2.45, 2.75) is 61.4 Å². The normalized spacial score (nSPS) is 30.8. The fraction of sp³-hybridized carbons (Fsp3) is 0.370. The van der Waals surface area contributed by atoms with Gasteiger partial charge in [0.1, 0.15) is 42.2 Å². The van der Waals surface area contributed by atoms with Gasteiger partial charge in [-0.25, -0.2) is 9.59 Å². The number of carbonyl (C=O) groups is 2. The van der Waals surface area contributed by atoms with Gasteiger partial charge in [0.2, 0.25) is 23.8 Å². The van der Waals surface area contributed by atoms with Crippen LogP contribution in [0.1, 0.15) is 0 Å². The van der Waals surface area contributed by atoms with Gasteiger partial charge in [-0.3, -0.25) is 9.35 Å². The van der Waals surface area contributed by atoms with Crippen LogP contribution in [0.3, 0.4) is 0 Å². The van der Waals surface area contributed by atoms with Crippen molar-refractivity contribution in [1.82, 2.24) is 0 Å². The summed E-state index contributed by atoms with van der Waals surface area (Å²) in [6.07, 6.45) is -21.3. The van der Waals surface area contributed by atoms with Crippen molar-refractivity contribution in [2.24, 2.45) is 0 Å². The molecule has 0 saturated carbocycles. The number of aliphatic hydroxyl groups excluding tert-OH is 6. The van der Waals surface area contributed by atoms with Gasteiger partial charge in [0, 0.05) is 5.56 Å². The van der Waals surface area contributed by atoms with Gasteiger partial charge in [-0.15, -0.1) is 0 Å². The maximum Gasteiger partial charge on any atom is 0.446 e. The van der Waals surface area contributed by atoms with E-state index in [0.29, 0.717) is 0 Å². The van der Waals surface area contributed by atoms with Crippen LogP contribution in [0.25, 0.3) is 22.3 Å². The quantitative estimate of drug-likeness (QED) is 0.102. The lowest BCUT2D eigenvalue weighted by Crippen LogP contribution is -2.61. The molecule has 1 aromatic heterocycles. The Morgan fingerprint density at radius 3 is 1.79 bits per heavy atom.